The van der Waals surface area contributed by atoms with E-state index in [-0.39, 0.29) is 22.9 Å². The van der Waals surface area contributed by atoms with Gasteiger partial charge in [0.1, 0.15) is 12.0 Å². The minimum absolute atomic E-state index is 0.0718. The highest BCUT2D eigenvalue weighted by atomic mass is 32.2. The second kappa shape index (κ2) is 6.32. The molecule has 25 heavy (non-hydrogen) atoms. The van der Waals surface area contributed by atoms with Crippen molar-refractivity contribution in [1.29, 1.82) is 0 Å². The first-order chi connectivity index (χ1) is 11.5. The van der Waals surface area contributed by atoms with Crippen LogP contribution in [0.3, 0.4) is 0 Å². The molecule has 4 rings (SSSR count). The predicted molar refractivity (Wildman–Crippen MR) is 87.3 cm³/mol. The molecular weight excluding hydrogens is 354 g/mol. The Bertz CT molecular complexity index is 520. The number of hydrogen-bond acceptors (Lipinski definition) is 6. The summed E-state index contributed by atoms with van der Waals surface area (Å²) >= 11 is -0.382. The maximum absolute atomic E-state index is 13.6. The molecule has 4 bridgehead atoms. The SMILES string of the molecule is CC(C)(C)C12CC3CC(CC(C(=O)OCC(F)(F)SOOO)(C3)C1)C2. The lowest BCUT2D eigenvalue weighted by Crippen LogP contribution is -2.59. The van der Waals surface area contributed by atoms with Crippen LogP contribution in [-0.4, -0.2) is 23.1 Å². The van der Waals surface area contributed by atoms with Crippen molar-refractivity contribution in [2.75, 3.05) is 6.61 Å². The van der Waals surface area contributed by atoms with Crippen LogP contribution in [0.4, 0.5) is 8.78 Å². The number of rotatable bonds is 6. The quantitative estimate of drug-likeness (QED) is 0.308. The summed E-state index contributed by atoms with van der Waals surface area (Å²) in [6, 6.07) is 0. The van der Waals surface area contributed by atoms with Gasteiger partial charge >= 0.3 is 11.2 Å². The highest BCUT2D eigenvalue weighted by molar-refractivity contribution is 7.95. The molecule has 0 spiro atoms. The molecule has 1 N–H and O–H groups in total. The van der Waals surface area contributed by atoms with Crippen LogP contribution in [0.15, 0.2) is 0 Å². The average Bonchev–Trinajstić information content (AvgIpc) is 2.48. The van der Waals surface area contributed by atoms with Crippen LogP contribution < -0.4 is 0 Å². The van der Waals surface area contributed by atoms with Crippen LogP contribution in [0, 0.1) is 28.1 Å². The summed E-state index contributed by atoms with van der Waals surface area (Å²) in [6.07, 6.45) is 5.60. The molecule has 4 aliphatic carbocycles. The fourth-order valence-corrected chi connectivity index (χ4v) is 6.01. The summed E-state index contributed by atoms with van der Waals surface area (Å²) in [5.41, 5.74) is -0.476. The number of carbonyl (C=O) groups is 1. The first-order valence-corrected chi connectivity index (χ1v) is 9.46. The molecule has 4 saturated carbocycles. The van der Waals surface area contributed by atoms with E-state index < -0.39 is 23.2 Å². The molecule has 144 valence electrons. The minimum atomic E-state index is -3.48. The van der Waals surface area contributed by atoms with Gasteiger partial charge in [0.25, 0.3) is 0 Å². The van der Waals surface area contributed by atoms with Crippen LogP contribution in [0.1, 0.15) is 59.3 Å². The molecule has 0 radical (unpaired) electrons. The Labute approximate surface area is 150 Å². The first kappa shape index (κ1) is 19.3. The third-order valence-electron chi connectivity index (χ3n) is 6.64. The second-order valence-electron chi connectivity index (χ2n) is 9.21. The average molecular weight is 380 g/mol. The molecule has 0 heterocycles. The van der Waals surface area contributed by atoms with Gasteiger partial charge < -0.3 is 4.74 Å². The van der Waals surface area contributed by atoms with Crippen molar-refractivity contribution in [1.82, 2.24) is 0 Å². The summed E-state index contributed by atoms with van der Waals surface area (Å²) in [5.74, 6) is 0.448. The Morgan fingerprint density at radius 3 is 2.32 bits per heavy atom. The standard InChI is InChI=1S/C17H26F2O5S/c1-14(2,3)16-7-11-4-12(8-16)6-15(5-11,9-16)13(20)22-10-17(18,19)25-24-23-21/h11-12,21H,4-10H2,1-3H3. The second-order valence-corrected chi connectivity index (χ2v) is 10.1. The van der Waals surface area contributed by atoms with Gasteiger partial charge in [0.2, 0.25) is 0 Å². The summed E-state index contributed by atoms with van der Waals surface area (Å²) in [5, 5.41) is 7.68. The third-order valence-corrected chi connectivity index (χ3v) is 7.13. The van der Waals surface area contributed by atoms with E-state index in [1.165, 1.54) is 0 Å². The van der Waals surface area contributed by atoms with E-state index in [4.69, 9.17) is 9.99 Å². The molecule has 8 heteroatoms. The van der Waals surface area contributed by atoms with Crippen molar-refractivity contribution in [3.63, 3.8) is 0 Å². The van der Waals surface area contributed by atoms with Gasteiger partial charge in [0.15, 0.2) is 6.61 Å². The summed E-state index contributed by atoms with van der Waals surface area (Å²) < 4.78 is 35.9. The van der Waals surface area contributed by atoms with Crippen molar-refractivity contribution in [2.45, 2.75) is 64.6 Å². The van der Waals surface area contributed by atoms with Gasteiger partial charge in [-0.2, -0.15) is 8.78 Å². The topological polar surface area (TPSA) is 65.0 Å². The monoisotopic (exact) mass is 380 g/mol. The van der Waals surface area contributed by atoms with E-state index in [0.717, 1.165) is 38.5 Å². The van der Waals surface area contributed by atoms with Crippen LogP contribution in [0.5, 0.6) is 0 Å². The summed E-state index contributed by atoms with van der Waals surface area (Å²) in [6.45, 7) is 5.56. The molecule has 4 fully saturated rings. The summed E-state index contributed by atoms with van der Waals surface area (Å²) in [4.78, 5) is 12.8. The van der Waals surface area contributed by atoms with Crippen molar-refractivity contribution in [2.24, 2.45) is 28.1 Å². The Balaban J connectivity index is 1.72. The molecule has 0 aromatic heterocycles. The molecule has 0 amide bonds. The highest BCUT2D eigenvalue weighted by Crippen LogP contribution is 2.70. The first-order valence-electron chi connectivity index (χ1n) is 8.72. The molecular formula is C17H26F2O5S. The Kier molecular flexibility index (Phi) is 4.88. The van der Waals surface area contributed by atoms with Crippen molar-refractivity contribution in [3.8, 4) is 0 Å². The molecule has 0 aliphatic heterocycles. The normalized spacial score (nSPS) is 37.4. The molecule has 0 aromatic carbocycles. The fourth-order valence-electron chi connectivity index (χ4n) is 5.77. The van der Waals surface area contributed by atoms with Crippen LogP contribution in [0.25, 0.3) is 0 Å². The van der Waals surface area contributed by atoms with E-state index in [0.29, 0.717) is 11.8 Å². The van der Waals surface area contributed by atoms with E-state index in [1.54, 1.807) is 0 Å². The van der Waals surface area contributed by atoms with Crippen LogP contribution in [0.2, 0.25) is 0 Å². The lowest BCUT2D eigenvalue weighted by Gasteiger charge is -2.65. The van der Waals surface area contributed by atoms with Gasteiger partial charge in [-0.3, -0.25) is 4.79 Å². The Morgan fingerprint density at radius 2 is 1.80 bits per heavy atom. The maximum Gasteiger partial charge on any atom is 0.354 e. The predicted octanol–water partition coefficient (Wildman–Crippen LogP) is 4.82. The fraction of sp³-hybridized carbons (Fsp3) is 0.941. The number of ether oxygens (including phenoxy) is 1. The molecule has 2 atom stereocenters. The molecule has 4 aliphatic rings. The number of hydrogen-bond donors (Lipinski definition) is 1. The number of halogens is 2. The van der Waals surface area contributed by atoms with Gasteiger partial charge in [-0.25, -0.2) is 5.26 Å². The molecule has 0 aromatic rings. The van der Waals surface area contributed by atoms with E-state index in [2.05, 4.69) is 30.1 Å². The van der Waals surface area contributed by atoms with Crippen LogP contribution in [-0.2, 0) is 18.9 Å². The number of alkyl halides is 2. The van der Waals surface area contributed by atoms with Crippen molar-refractivity contribution >= 4 is 18.0 Å². The number of esters is 1. The number of carbonyl (C=O) groups excluding carboxylic acids is 1. The Hall–Kier alpha value is -0.440. The minimum Gasteiger partial charge on any atom is -0.458 e. The lowest BCUT2D eigenvalue weighted by molar-refractivity contribution is -0.433. The van der Waals surface area contributed by atoms with Crippen molar-refractivity contribution in [3.05, 3.63) is 0 Å². The lowest BCUT2D eigenvalue weighted by atomic mass is 9.39. The Morgan fingerprint density at radius 1 is 1.20 bits per heavy atom. The smallest absolute Gasteiger partial charge is 0.354 e. The zero-order valence-corrected chi connectivity index (χ0v) is 15.7. The zero-order chi connectivity index (χ0) is 18.5. The maximum atomic E-state index is 13.6. The van der Waals surface area contributed by atoms with Gasteiger partial charge in [-0.15, -0.1) is 4.33 Å². The van der Waals surface area contributed by atoms with Gasteiger partial charge in [0.05, 0.1) is 5.41 Å². The van der Waals surface area contributed by atoms with Crippen molar-refractivity contribution < 1.29 is 32.9 Å². The van der Waals surface area contributed by atoms with E-state index in [1.807, 2.05) is 0 Å². The van der Waals surface area contributed by atoms with Gasteiger partial charge in [-0.1, -0.05) is 25.8 Å². The molecule has 0 saturated heterocycles. The summed E-state index contributed by atoms with van der Waals surface area (Å²) in [7, 11) is 0. The van der Waals surface area contributed by atoms with E-state index in [9.17, 15) is 13.6 Å². The van der Waals surface area contributed by atoms with Gasteiger partial charge in [0, 0.05) is 0 Å². The highest BCUT2D eigenvalue weighted by Gasteiger charge is 2.64. The molecule has 5 nitrogen and oxygen atoms in total. The third kappa shape index (κ3) is 3.55. The molecule has 2 unspecified atom stereocenters. The van der Waals surface area contributed by atoms with Crippen LogP contribution >= 0.6 is 12.0 Å². The zero-order valence-electron chi connectivity index (χ0n) is 14.8. The largest absolute Gasteiger partial charge is 0.458 e. The van der Waals surface area contributed by atoms with E-state index >= 15 is 0 Å². The van der Waals surface area contributed by atoms with Gasteiger partial charge in [-0.05, 0) is 61.2 Å².